The lowest BCUT2D eigenvalue weighted by Gasteiger charge is -2.43. The second kappa shape index (κ2) is 12.5. The number of benzene rings is 2. The first-order valence-electron chi connectivity index (χ1n) is 15.8. The predicted molar refractivity (Wildman–Crippen MR) is 182 cm³/mol. The van der Waals surface area contributed by atoms with Gasteiger partial charge in [0.25, 0.3) is 15.6 Å². The fourth-order valence-corrected chi connectivity index (χ4v) is 9.91. The van der Waals surface area contributed by atoms with E-state index in [9.17, 15) is 23.1 Å². The minimum Gasteiger partial charge on any atom is -0.388 e. The van der Waals surface area contributed by atoms with Crippen molar-refractivity contribution in [3.63, 3.8) is 0 Å². The van der Waals surface area contributed by atoms with Crippen molar-refractivity contribution in [1.29, 1.82) is 0 Å². The van der Waals surface area contributed by atoms with Gasteiger partial charge in [0.1, 0.15) is 16.2 Å². The van der Waals surface area contributed by atoms with Gasteiger partial charge in [0, 0.05) is 56.1 Å². The van der Waals surface area contributed by atoms with Crippen molar-refractivity contribution in [1.82, 2.24) is 23.3 Å². The number of nitrogens with zero attached hydrogens (tertiary/aromatic N) is 5. The molecule has 0 radical (unpaired) electrons. The molecule has 1 N–H and O–H groups in total. The van der Waals surface area contributed by atoms with Gasteiger partial charge in [-0.2, -0.15) is 4.31 Å². The lowest BCUT2D eigenvalue weighted by atomic mass is 9.80. The molecule has 5 heterocycles. The van der Waals surface area contributed by atoms with E-state index in [-0.39, 0.29) is 37.0 Å². The van der Waals surface area contributed by atoms with E-state index in [4.69, 9.17) is 0 Å². The third kappa shape index (κ3) is 6.06. The van der Waals surface area contributed by atoms with Crippen molar-refractivity contribution in [3.8, 4) is 10.4 Å². The molecule has 10 nitrogen and oxygen atoms in total. The third-order valence-corrected chi connectivity index (χ3v) is 13.1. The molecular weight excluding hydrogens is 635 g/mol. The van der Waals surface area contributed by atoms with Gasteiger partial charge in [-0.25, -0.2) is 13.4 Å². The molecule has 5 aromatic rings. The summed E-state index contributed by atoms with van der Waals surface area (Å²) in [5.74, 6) is -0.737. The highest BCUT2D eigenvalue weighted by Crippen LogP contribution is 2.39. The SMILES string of the molecule is Cn1ccc2c(=O)n(CC3(O)CCN(C(=O)[C@@H]4CCN(S(=O)(=O)c5ccc(-c6ccccc6)s5)C[C@H]4c4ccccc4)CC3)cnc21. The van der Waals surface area contributed by atoms with Crippen molar-refractivity contribution in [3.05, 3.63) is 107 Å². The number of fused-ring (bicyclic) bond motifs is 1. The molecule has 2 atom stereocenters. The van der Waals surface area contributed by atoms with E-state index >= 15 is 0 Å². The van der Waals surface area contributed by atoms with E-state index in [0.29, 0.717) is 47.6 Å². The number of likely N-dealkylation sites (tertiary alicyclic amines) is 1. The molecule has 2 aliphatic heterocycles. The highest BCUT2D eigenvalue weighted by atomic mass is 32.2. The predicted octanol–water partition coefficient (Wildman–Crippen LogP) is 4.31. The van der Waals surface area contributed by atoms with Crippen LogP contribution in [-0.2, 0) is 28.4 Å². The zero-order chi connectivity index (χ0) is 32.8. The van der Waals surface area contributed by atoms with Crippen molar-refractivity contribution >= 4 is 38.3 Å². The quantitative estimate of drug-likeness (QED) is 0.276. The van der Waals surface area contributed by atoms with Gasteiger partial charge in [-0.15, -0.1) is 11.3 Å². The minimum atomic E-state index is -3.77. The maximum Gasteiger partial charge on any atom is 0.262 e. The number of piperidine rings is 2. The molecule has 2 saturated heterocycles. The van der Waals surface area contributed by atoms with Gasteiger partial charge in [-0.1, -0.05) is 60.7 Å². The van der Waals surface area contributed by atoms with Crippen molar-refractivity contribution in [2.75, 3.05) is 26.2 Å². The van der Waals surface area contributed by atoms with Gasteiger partial charge in [-0.05, 0) is 48.6 Å². The number of hydrogen-bond acceptors (Lipinski definition) is 7. The summed E-state index contributed by atoms with van der Waals surface area (Å²) in [6.45, 7) is 1.25. The van der Waals surface area contributed by atoms with Crippen LogP contribution in [0.4, 0.5) is 0 Å². The zero-order valence-corrected chi connectivity index (χ0v) is 27.7. The molecule has 0 spiro atoms. The molecule has 2 aliphatic rings. The number of sulfonamides is 1. The van der Waals surface area contributed by atoms with Gasteiger partial charge >= 0.3 is 0 Å². The first-order valence-corrected chi connectivity index (χ1v) is 18.1. The van der Waals surface area contributed by atoms with Crippen molar-refractivity contribution in [2.45, 2.75) is 41.5 Å². The van der Waals surface area contributed by atoms with Crippen LogP contribution in [0.2, 0.25) is 0 Å². The monoisotopic (exact) mass is 671 g/mol. The van der Waals surface area contributed by atoms with E-state index in [1.54, 1.807) is 27.8 Å². The number of rotatable bonds is 7. The molecule has 0 aliphatic carbocycles. The summed E-state index contributed by atoms with van der Waals surface area (Å²) in [5.41, 5.74) is 1.14. The van der Waals surface area contributed by atoms with Gasteiger partial charge < -0.3 is 14.6 Å². The number of thiophene rings is 1. The minimum absolute atomic E-state index is 0.0232. The van der Waals surface area contributed by atoms with Gasteiger partial charge in [0.2, 0.25) is 5.91 Å². The lowest BCUT2D eigenvalue weighted by molar-refractivity contribution is -0.142. The molecule has 0 unspecified atom stereocenters. The molecule has 2 aromatic carbocycles. The van der Waals surface area contributed by atoms with Crippen LogP contribution >= 0.6 is 11.3 Å². The molecule has 0 bridgehead atoms. The second-order valence-electron chi connectivity index (χ2n) is 12.7. The fraction of sp³-hybridized carbons (Fsp3) is 0.343. The average molecular weight is 672 g/mol. The molecule has 47 heavy (non-hydrogen) atoms. The van der Waals surface area contributed by atoms with Gasteiger partial charge in [-0.3, -0.25) is 14.2 Å². The van der Waals surface area contributed by atoms with Gasteiger partial charge in [0.15, 0.2) is 0 Å². The third-order valence-electron chi connectivity index (χ3n) is 9.68. The average Bonchev–Trinajstić information content (AvgIpc) is 3.75. The first-order chi connectivity index (χ1) is 22.6. The first kappa shape index (κ1) is 31.5. The maximum atomic E-state index is 14.1. The van der Waals surface area contributed by atoms with Crippen LogP contribution in [0, 0.1) is 5.92 Å². The number of hydrogen-bond donors (Lipinski definition) is 1. The number of carbonyl (C=O) groups is 1. The fourth-order valence-electron chi connectivity index (χ4n) is 6.96. The van der Waals surface area contributed by atoms with E-state index < -0.39 is 21.5 Å². The number of aryl methyl sites for hydroxylation is 1. The second-order valence-corrected chi connectivity index (χ2v) is 15.9. The molecule has 12 heteroatoms. The highest BCUT2D eigenvalue weighted by molar-refractivity contribution is 7.91. The number of amides is 1. The van der Waals surface area contributed by atoms with E-state index in [0.717, 1.165) is 16.0 Å². The number of aliphatic hydroxyl groups is 1. The highest BCUT2D eigenvalue weighted by Gasteiger charge is 2.43. The van der Waals surface area contributed by atoms with Crippen LogP contribution in [0.1, 0.15) is 30.7 Å². The summed E-state index contributed by atoms with van der Waals surface area (Å²) >= 11 is 1.26. The molecule has 244 valence electrons. The van der Waals surface area contributed by atoms with E-state index in [1.165, 1.54) is 26.5 Å². The molecule has 7 rings (SSSR count). The van der Waals surface area contributed by atoms with Crippen molar-refractivity contribution in [2.24, 2.45) is 13.0 Å². The van der Waals surface area contributed by atoms with Gasteiger partial charge in [0.05, 0.1) is 17.5 Å². The molecule has 2 fully saturated rings. The Morgan fingerprint density at radius 2 is 1.68 bits per heavy atom. The zero-order valence-electron chi connectivity index (χ0n) is 26.1. The van der Waals surface area contributed by atoms with Crippen LogP contribution in [0.25, 0.3) is 21.5 Å². The largest absolute Gasteiger partial charge is 0.388 e. The van der Waals surface area contributed by atoms with E-state index in [2.05, 4.69) is 4.98 Å². The summed E-state index contributed by atoms with van der Waals surface area (Å²) in [7, 11) is -1.94. The Bertz CT molecular complexity index is 2070. The van der Waals surface area contributed by atoms with Crippen LogP contribution in [0.5, 0.6) is 0 Å². The Hall–Kier alpha value is -4.10. The smallest absolute Gasteiger partial charge is 0.262 e. The molecular formula is C35H37N5O5S2. The molecule has 3 aromatic heterocycles. The van der Waals surface area contributed by atoms with Crippen LogP contribution < -0.4 is 5.56 Å². The summed E-state index contributed by atoms with van der Waals surface area (Å²) in [6.07, 6.45) is 4.31. The topological polar surface area (TPSA) is 118 Å². The standard InChI is InChI=1S/C35H37N5O5S2/c1-37-18-14-28-32(37)36-24-39(34(28)42)23-35(43)16-20-38(21-17-35)33(41)27-15-19-40(22-29(27)25-8-4-2-5-9-25)47(44,45)31-13-12-30(46-31)26-10-6-3-7-11-26/h2-14,18,24,27,29,43H,15-17,19-23H2,1H3/t27-,29+/m1/s1. The van der Waals surface area contributed by atoms with Crippen LogP contribution in [0.15, 0.2) is 100 Å². The number of carbonyl (C=O) groups excluding carboxylic acids is 1. The van der Waals surface area contributed by atoms with E-state index in [1.807, 2.05) is 73.8 Å². The maximum absolute atomic E-state index is 14.1. The Labute approximate surface area is 277 Å². The normalized spacial score (nSPS) is 20.4. The van der Waals surface area contributed by atoms with Crippen LogP contribution in [-0.4, -0.2) is 74.5 Å². The van der Waals surface area contributed by atoms with Crippen molar-refractivity contribution < 1.29 is 18.3 Å². The Kier molecular flexibility index (Phi) is 8.37. The summed E-state index contributed by atoms with van der Waals surface area (Å²) in [5, 5.41) is 12.0. The molecule has 1 amide bonds. The summed E-state index contributed by atoms with van der Waals surface area (Å²) in [6, 6.07) is 24.7. The Morgan fingerprint density at radius 1 is 0.979 bits per heavy atom. The summed E-state index contributed by atoms with van der Waals surface area (Å²) in [4.78, 5) is 34.2. The Morgan fingerprint density at radius 3 is 2.40 bits per heavy atom. The van der Waals surface area contributed by atoms with Crippen LogP contribution in [0.3, 0.4) is 0 Å². The number of aromatic nitrogens is 3. The Balaban J connectivity index is 1.06. The summed E-state index contributed by atoms with van der Waals surface area (Å²) < 4.78 is 32.8. The lowest BCUT2D eigenvalue weighted by Crippen LogP contribution is -2.53. The molecule has 0 saturated carbocycles.